The third kappa shape index (κ3) is 2.90. The number of aromatic nitrogens is 3. The molecule has 16 heavy (non-hydrogen) atoms. The van der Waals surface area contributed by atoms with E-state index in [-0.39, 0.29) is 0 Å². The molecule has 0 bridgehead atoms. The van der Waals surface area contributed by atoms with Gasteiger partial charge >= 0.3 is 0 Å². The zero-order valence-corrected chi connectivity index (χ0v) is 9.35. The lowest BCUT2D eigenvalue weighted by atomic mass is 10.2. The fourth-order valence-electron chi connectivity index (χ4n) is 1.31. The van der Waals surface area contributed by atoms with Crippen LogP contribution in [0.3, 0.4) is 0 Å². The molecule has 0 saturated carbocycles. The Morgan fingerprint density at radius 1 is 1.19 bits per heavy atom. The summed E-state index contributed by atoms with van der Waals surface area (Å²) in [5.74, 6) is 0.619. The van der Waals surface area contributed by atoms with Crippen LogP contribution in [-0.4, -0.2) is 21.5 Å². The molecule has 0 radical (unpaired) electrons. The van der Waals surface area contributed by atoms with Gasteiger partial charge in [0.2, 0.25) is 0 Å². The molecule has 0 aromatic carbocycles. The second-order valence-electron chi connectivity index (χ2n) is 3.23. The van der Waals surface area contributed by atoms with Gasteiger partial charge in [0.05, 0.1) is 0 Å². The number of anilines is 1. The zero-order chi connectivity index (χ0) is 11.2. The molecular weight excluding hydrogens is 224 g/mol. The van der Waals surface area contributed by atoms with Crippen LogP contribution in [0.2, 0.25) is 5.15 Å². The summed E-state index contributed by atoms with van der Waals surface area (Å²) in [6.45, 7) is 0.754. The van der Waals surface area contributed by atoms with Gasteiger partial charge in [-0.05, 0) is 18.1 Å². The van der Waals surface area contributed by atoms with Crippen LogP contribution in [0.1, 0.15) is 5.56 Å². The van der Waals surface area contributed by atoms with Crippen molar-refractivity contribution in [1.82, 2.24) is 15.0 Å². The Balaban J connectivity index is 1.87. The van der Waals surface area contributed by atoms with E-state index in [1.807, 2.05) is 18.3 Å². The Kier molecular flexibility index (Phi) is 3.66. The molecule has 0 aliphatic rings. The first-order valence-electron chi connectivity index (χ1n) is 4.95. The van der Waals surface area contributed by atoms with Gasteiger partial charge in [-0.3, -0.25) is 4.98 Å². The lowest BCUT2D eigenvalue weighted by Gasteiger charge is -2.05. The lowest BCUT2D eigenvalue weighted by Crippen LogP contribution is -2.07. The maximum absolute atomic E-state index is 5.86. The number of nitrogens with one attached hydrogen (secondary N) is 1. The molecule has 0 amide bonds. The van der Waals surface area contributed by atoms with Crippen LogP contribution in [0.4, 0.5) is 5.82 Å². The molecule has 1 N–H and O–H groups in total. The van der Waals surface area contributed by atoms with Crippen molar-refractivity contribution in [3.8, 4) is 0 Å². The summed E-state index contributed by atoms with van der Waals surface area (Å²) in [5.41, 5.74) is 1.18. The monoisotopic (exact) mass is 234 g/mol. The van der Waals surface area contributed by atoms with Crippen molar-refractivity contribution in [2.24, 2.45) is 0 Å². The van der Waals surface area contributed by atoms with Crippen molar-refractivity contribution in [2.45, 2.75) is 6.42 Å². The largest absolute Gasteiger partial charge is 0.367 e. The third-order valence-electron chi connectivity index (χ3n) is 2.08. The Labute approximate surface area is 98.7 Å². The molecule has 2 aromatic rings. The molecule has 0 unspecified atom stereocenters. The highest BCUT2D eigenvalue weighted by Crippen LogP contribution is 2.13. The van der Waals surface area contributed by atoms with Crippen molar-refractivity contribution < 1.29 is 0 Å². The van der Waals surface area contributed by atoms with Gasteiger partial charge in [0.15, 0.2) is 11.0 Å². The van der Waals surface area contributed by atoms with Crippen molar-refractivity contribution in [1.29, 1.82) is 0 Å². The molecule has 2 aromatic heterocycles. The van der Waals surface area contributed by atoms with Crippen molar-refractivity contribution in [3.05, 3.63) is 47.6 Å². The lowest BCUT2D eigenvalue weighted by molar-refractivity contribution is 0.988. The predicted octanol–water partition coefficient (Wildman–Crippen LogP) is 2.18. The van der Waals surface area contributed by atoms with Crippen molar-refractivity contribution >= 4 is 17.4 Å². The van der Waals surface area contributed by atoms with E-state index in [1.165, 1.54) is 5.56 Å². The summed E-state index contributed by atoms with van der Waals surface area (Å²) >= 11 is 5.86. The normalized spacial score (nSPS) is 10.1. The Hall–Kier alpha value is -1.68. The topological polar surface area (TPSA) is 50.7 Å². The van der Waals surface area contributed by atoms with Crippen LogP contribution >= 0.6 is 11.6 Å². The molecule has 2 heterocycles. The molecule has 0 aliphatic heterocycles. The molecule has 5 heteroatoms. The summed E-state index contributed by atoms with van der Waals surface area (Å²) in [6, 6.07) is 3.96. The molecule has 4 nitrogen and oxygen atoms in total. The van der Waals surface area contributed by atoms with E-state index in [4.69, 9.17) is 11.6 Å². The molecule has 82 valence electrons. The molecule has 0 spiro atoms. The first kappa shape index (κ1) is 10.8. The van der Waals surface area contributed by atoms with Gasteiger partial charge in [-0.1, -0.05) is 17.7 Å². The Morgan fingerprint density at radius 3 is 2.81 bits per heavy atom. The number of hydrogen-bond donors (Lipinski definition) is 1. The maximum Gasteiger partial charge on any atom is 0.171 e. The van der Waals surface area contributed by atoms with E-state index >= 15 is 0 Å². The first-order chi connectivity index (χ1) is 7.86. The molecule has 0 atom stereocenters. The number of pyridine rings is 1. The van der Waals surface area contributed by atoms with Crippen LogP contribution in [0.5, 0.6) is 0 Å². The third-order valence-corrected chi connectivity index (χ3v) is 2.36. The van der Waals surface area contributed by atoms with Crippen molar-refractivity contribution in [2.75, 3.05) is 11.9 Å². The van der Waals surface area contributed by atoms with E-state index in [0.29, 0.717) is 11.0 Å². The summed E-state index contributed by atoms with van der Waals surface area (Å²) < 4.78 is 0. The molecular formula is C11H11ClN4. The Morgan fingerprint density at radius 2 is 2.06 bits per heavy atom. The van der Waals surface area contributed by atoms with Crippen LogP contribution in [0.15, 0.2) is 36.9 Å². The summed E-state index contributed by atoms with van der Waals surface area (Å²) in [7, 11) is 0. The van der Waals surface area contributed by atoms with E-state index in [0.717, 1.165) is 13.0 Å². The molecule has 0 aliphatic carbocycles. The second-order valence-corrected chi connectivity index (χ2v) is 3.59. The predicted molar refractivity (Wildman–Crippen MR) is 63.5 cm³/mol. The quantitative estimate of drug-likeness (QED) is 0.881. The van der Waals surface area contributed by atoms with E-state index < -0.39 is 0 Å². The minimum Gasteiger partial charge on any atom is -0.367 e. The van der Waals surface area contributed by atoms with Crippen LogP contribution in [0.25, 0.3) is 0 Å². The standard InChI is InChI=1S/C11H11ClN4/c12-10-11(16-7-6-14-10)15-5-3-9-2-1-4-13-8-9/h1-2,4,6-8H,3,5H2,(H,15,16). The number of rotatable bonds is 4. The van der Waals surface area contributed by atoms with Gasteiger partial charge in [0.1, 0.15) is 0 Å². The van der Waals surface area contributed by atoms with E-state index in [1.54, 1.807) is 18.6 Å². The fourth-order valence-corrected chi connectivity index (χ4v) is 1.48. The molecule has 0 saturated heterocycles. The average molecular weight is 235 g/mol. The van der Waals surface area contributed by atoms with Crippen LogP contribution in [-0.2, 0) is 6.42 Å². The smallest absolute Gasteiger partial charge is 0.171 e. The van der Waals surface area contributed by atoms with Crippen molar-refractivity contribution in [3.63, 3.8) is 0 Å². The summed E-state index contributed by atoms with van der Waals surface area (Å²) in [4.78, 5) is 12.1. The Bertz CT molecular complexity index is 447. The second kappa shape index (κ2) is 5.42. The fraction of sp³-hybridized carbons (Fsp3) is 0.182. The van der Waals surface area contributed by atoms with Gasteiger partial charge in [0.25, 0.3) is 0 Å². The minimum atomic E-state index is 0.397. The zero-order valence-electron chi connectivity index (χ0n) is 8.60. The summed E-state index contributed by atoms with van der Waals surface area (Å²) in [5, 5.41) is 3.53. The maximum atomic E-state index is 5.86. The highest BCUT2D eigenvalue weighted by atomic mass is 35.5. The SMILES string of the molecule is Clc1nccnc1NCCc1cccnc1. The minimum absolute atomic E-state index is 0.397. The van der Waals surface area contributed by atoms with Gasteiger partial charge in [-0.15, -0.1) is 0 Å². The van der Waals surface area contributed by atoms with Crippen LogP contribution < -0.4 is 5.32 Å². The van der Waals surface area contributed by atoms with Gasteiger partial charge in [-0.2, -0.15) is 0 Å². The highest BCUT2D eigenvalue weighted by molar-refractivity contribution is 6.31. The van der Waals surface area contributed by atoms with Gasteiger partial charge in [0, 0.05) is 31.3 Å². The van der Waals surface area contributed by atoms with Crippen LogP contribution in [0, 0.1) is 0 Å². The van der Waals surface area contributed by atoms with E-state index in [9.17, 15) is 0 Å². The number of hydrogen-bond acceptors (Lipinski definition) is 4. The highest BCUT2D eigenvalue weighted by Gasteiger charge is 2.00. The first-order valence-corrected chi connectivity index (χ1v) is 5.33. The summed E-state index contributed by atoms with van der Waals surface area (Å²) in [6.07, 6.45) is 7.66. The van der Waals surface area contributed by atoms with Gasteiger partial charge < -0.3 is 5.32 Å². The average Bonchev–Trinajstić information content (AvgIpc) is 2.33. The van der Waals surface area contributed by atoms with E-state index in [2.05, 4.69) is 20.3 Å². The molecule has 0 fully saturated rings. The molecule has 2 rings (SSSR count). The number of halogens is 1. The number of nitrogens with zero attached hydrogens (tertiary/aromatic N) is 3. The van der Waals surface area contributed by atoms with Gasteiger partial charge in [-0.25, -0.2) is 9.97 Å².